The average Bonchev–Trinajstić information content (AvgIpc) is 2.76. The van der Waals surface area contributed by atoms with Gasteiger partial charge in [-0.15, -0.1) is 11.3 Å². The minimum Gasteiger partial charge on any atom is -0.391 e. The number of rotatable bonds is 6. The highest BCUT2D eigenvalue weighted by Gasteiger charge is 2.21. The number of hydrogen-bond acceptors (Lipinski definition) is 5. The van der Waals surface area contributed by atoms with Gasteiger partial charge >= 0.3 is 0 Å². The lowest BCUT2D eigenvalue weighted by Crippen LogP contribution is -2.19. The van der Waals surface area contributed by atoms with E-state index in [0.717, 1.165) is 0 Å². The van der Waals surface area contributed by atoms with Gasteiger partial charge in [0.25, 0.3) is 0 Å². The molecule has 3 N–H and O–H groups in total. The maximum absolute atomic E-state index is 9.80. The van der Waals surface area contributed by atoms with Gasteiger partial charge < -0.3 is 15.3 Å². The van der Waals surface area contributed by atoms with Crippen molar-refractivity contribution < 1.29 is 15.3 Å². The maximum atomic E-state index is 9.80. The third-order valence-electron chi connectivity index (χ3n) is 2.19. The fourth-order valence-electron chi connectivity index (χ4n) is 1.34. The molecule has 0 radical (unpaired) electrons. The minimum absolute atomic E-state index is 0.132. The van der Waals surface area contributed by atoms with Crippen molar-refractivity contribution in [3.05, 3.63) is 32.3 Å². The first-order valence-electron chi connectivity index (χ1n) is 4.74. The van der Waals surface area contributed by atoms with E-state index in [2.05, 4.69) is 10.0 Å². The summed E-state index contributed by atoms with van der Waals surface area (Å²) in [7, 11) is 0. The van der Waals surface area contributed by atoms with E-state index in [-0.39, 0.29) is 19.6 Å². The van der Waals surface area contributed by atoms with Gasteiger partial charge in [0, 0.05) is 16.3 Å². The first kappa shape index (κ1) is 13.0. The molecule has 16 heavy (non-hydrogen) atoms. The second-order valence-corrected chi connectivity index (χ2v) is 4.21. The molecule has 1 heterocycles. The molecular weight excluding hydrogens is 230 g/mol. The lowest BCUT2D eigenvalue weighted by atomic mass is 10.0. The maximum Gasteiger partial charge on any atom is 0.106 e. The molecule has 1 aromatic heterocycles. The van der Waals surface area contributed by atoms with Gasteiger partial charge in [0.2, 0.25) is 0 Å². The molecule has 7 heteroatoms. The molecule has 1 rings (SSSR count). The van der Waals surface area contributed by atoms with E-state index in [9.17, 15) is 10.2 Å². The Bertz CT molecular complexity index is 376. The largest absolute Gasteiger partial charge is 0.391 e. The van der Waals surface area contributed by atoms with E-state index < -0.39 is 12.2 Å². The van der Waals surface area contributed by atoms with Crippen molar-refractivity contribution in [1.82, 2.24) is 0 Å². The number of nitrogens with zero attached hydrogens (tertiary/aromatic N) is 3. The summed E-state index contributed by atoms with van der Waals surface area (Å²) in [6.07, 6.45) is -1.86. The van der Waals surface area contributed by atoms with Gasteiger partial charge in [-0.3, -0.25) is 0 Å². The van der Waals surface area contributed by atoms with Crippen LogP contribution < -0.4 is 0 Å². The van der Waals surface area contributed by atoms with Gasteiger partial charge in [0.15, 0.2) is 0 Å². The molecule has 0 aliphatic carbocycles. The van der Waals surface area contributed by atoms with Crippen molar-refractivity contribution >= 4 is 11.3 Å². The number of azide groups is 1. The SMILES string of the molecule is [N-]=[N+]=NCCC(O)C(O)c1ccsc1CO. The van der Waals surface area contributed by atoms with Crippen molar-refractivity contribution in [2.24, 2.45) is 5.11 Å². The van der Waals surface area contributed by atoms with Crippen LogP contribution in [0.15, 0.2) is 16.6 Å². The standard InChI is InChI=1S/C9H13N3O3S/c10-12-11-3-1-7(14)9(15)6-2-4-16-8(6)5-13/h2,4,7,9,13-15H,1,3,5H2. The Kier molecular flexibility index (Phi) is 5.24. The van der Waals surface area contributed by atoms with Crippen molar-refractivity contribution in [3.63, 3.8) is 0 Å². The Morgan fingerprint density at radius 3 is 2.88 bits per heavy atom. The monoisotopic (exact) mass is 243 g/mol. The van der Waals surface area contributed by atoms with Crippen LogP contribution in [0.1, 0.15) is 23.0 Å². The highest BCUT2D eigenvalue weighted by atomic mass is 32.1. The zero-order valence-electron chi connectivity index (χ0n) is 8.52. The van der Waals surface area contributed by atoms with Crippen LogP contribution in [-0.4, -0.2) is 28.0 Å². The van der Waals surface area contributed by atoms with Crippen molar-refractivity contribution in [3.8, 4) is 0 Å². The van der Waals surface area contributed by atoms with Crippen molar-refractivity contribution in [2.45, 2.75) is 25.2 Å². The summed E-state index contributed by atoms with van der Waals surface area (Å²) in [6, 6.07) is 1.66. The molecular formula is C9H13N3O3S. The highest BCUT2D eigenvalue weighted by Crippen LogP contribution is 2.26. The van der Waals surface area contributed by atoms with Crippen LogP contribution in [0.4, 0.5) is 0 Å². The second-order valence-electron chi connectivity index (χ2n) is 3.21. The molecule has 0 bridgehead atoms. The second kappa shape index (κ2) is 6.47. The molecule has 1 aromatic rings. The Balaban J connectivity index is 2.62. The van der Waals surface area contributed by atoms with Crippen LogP contribution in [0.25, 0.3) is 10.4 Å². The predicted octanol–water partition coefficient (Wildman–Crippen LogP) is 1.34. The fourth-order valence-corrected chi connectivity index (χ4v) is 2.12. The molecule has 0 saturated heterocycles. The lowest BCUT2D eigenvalue weighted by molar-refractivity contribution is 0.0143. The number of aliphatic hydroxyl groups is 3. The summed E-state index contributed by atoms with van der Waals surface area (Å²) < 4.78 is 0. The van der Waals surface area contributed by atoms with Gasteiger partial charge in [-0.1, -0.05) is 5.11 Å². The van der Waals surface area contributed by atoms with Crippen molar-refractivity contribution in [2.75, 3.05) is 6.54 Å². The van der Waals surface area contributed by atoms with E-state index in [1.165, 1.54) is 11.3 Å². The molecule has 6 nitrogen and oxygen atoms in total. The van der Waals surface area contributed by atoms with Crippen LogP contribution in [0.2, 0.25) is 0 Å². The molecule has 0 amide bonds. The summed E-state index contributed by atoms with van der Waals surface area (Å²) in [4.78, 5) is 3.19. The Morgan fingerprint density at radius 2 is 2.25 bits per heavy atom. The van der Waals surface area contributed by atoms with Gasteiger partial charge in [-0.05, 0) is 29.0 Å². The number of thiophene rings is 1. The molecule has 0 aromatic carbocycles. The summed E-state index contributed by atoms with van der Waals surface area (Å²) in [5.74, 6) is 0. The van der Waals surface area contributed by atoms with Gasteiger partial charge in [-0.25, -0.2) is 0 Å². The number of aliphatic hydroxyl groups excluding tert-OH is 3. The highest BCUT2D eigenvalue weighted by molar-refractivity contribution is 7.10. The van der Waals surface area contributed by atoms with E-state index >= 15 is 0 Å². The summed E-state index contributed by atoms with van der Waals surface area (Å²) >= 11 is 1.32. The van der Waals surface area contributed by atoms with Gasteiger partial charge in [0.05, 0.1) is 12.7 Å². The van der Waals surface area contributed by atoms with Gasteiger partial charge in [0.1, 0.15) is 6.10 Å². The zero-order valence-corrected chi connectivity index (χ0v) is 9.34. The first-order chi connectivity index (χ1) is 7.70. The van der Waals surface area contributed by atoms with Crippen LogP contribution in [0, 0.1) is 0 Å². The topological polar surface area (TPSA) is 109 Å². The lowest BCUT2D eigenvalue weighted by Gasteiger charge is -2.17. The fraction of sp³-hybridized carbons (Fsp3) is 0.556. The third-order valence-corrected chi connectivity index (χ3v) is 3.12. The molecule has 0 fully saturated rings. The normalized spacial score (nSPS) is 14.2. The van der Waals surface area contributed by atoms with Crippen LogP contribution in [0.5, 0.6) is 0 Å². The molecule has 0 spiro atoms. The molecule has 88 valence electrons. The van der Waals surface area contributed by atoms with E-state index in [4.69, 9.17) is 10.6 Å². The van der Waals surface area contributed by atoms with Crippen LogP contribution in [0.3, 0.4) is 0 Å². The van der Waals surface area contributed by atoms with Gasteiger partial charge in [-0.2, -0.15) is 0 Å². The van der Waals surface area contributed by atoms with Crippen LogP contribution >= 0.6 is 11.3 Å². The van der Waals surface area contributed by atoms with E-state index in [0.29, 0.717) is 10.4 Å². The molecule has 0 saturated carbocycles. The summed E-state index contributed by atoms with van der Waals surface area (Å²) in [5, 5.41) is 33.5. The minimum atomic E-state index is -1.05. The quantitative estimate of drug-likeness (QED) is 0.398. The Labute approximate surface area is 96.4 Å². The van der Waals surface area contributed by atoms with Crippen molar-refractivity contribution in [1.29, 1.82) is 0 Å². The Morgan fingerprint density at radius 1 is 1.50 bits per heavy atom. The first-order valence-corrected chi connectivity index (χ1v) is 5.62. The third kappa shape index (κ3) is 3.19. The zero-order chi connectivity index (χ0) is 12.0. The molecule has 0 aliphatic rings. The molecule has 2 unspecified atom stereocenters. The van der Waals surface area contributed by atoms with E-state index in [1.807, 2.05) is 0 Å². The van der Waals surface area contributed by atoms with Crippen LogP contribution in [-0.2, 0) is 6.61 Å². The smallest absolute Gasteiger partial charge is 0.106 e. The summed E-state index contributed by atoms with van der Waals surface area (Å²) in [5.41, 5.74) is 8.60. The average molecular weight is 243 g/mol. The molecule has 2 atom stereocenters. The Hall–Kier alpha value is -1.11. The van der Waals surface area contributed by atoms with E-state index in [1.54, 1.807) is 11.4 Å². The predicted molar refractivity (Wildman–Crippen MR) is 59.8 cm³/mol. The number of hydrogen-bond donors (Lipinski definition) is 3. The summed E-state index contributed by atoms with van der Waals surface area (Å²) in [6.45, 7) is -0.0273. The molecule has 0 aliphatic heterocycles.